The van der Waals surface area contributed by atoms with Gasteiger partial charge in [-0.2, -0.15) is 0 Å². The maximum Gasteiger partial charge on any atom is 0.0529 e. The molecule has 9 aromatic carbocycles. The Morgan fingerprint density at radius 1 is 0.338 bits per heavy atom. The Morgan fingerprint density at radius 2 is 0.738 bits per heavy atom. The molecule has 0 amide bonds. The number of benzene rings is 9. The monoisotopic (exact) mass is 838 g/mol. The summed E-state index contributed by atoms with van der Waals surface area (Å²) in [6, 6.07) is 65.4. The Morgan fingerprint density at radius 3 is 1.28 bits per heavy atom. The van der Waals surface area contributed by atoms with Crippen LogP contribution in [-0.2, 0) is 16.2 Å². The first-order valence-corrected chi connectivity index (χ1v) is 23.8. The Balaban J connectivity index is 1.15. The summed E-state index contributed by atoms with van der Waals surface area (Å²) in [6.07, 6.45) is 4.97. The van der Waals surface area contributed by atoms with Gasteiger partial charge in [0, 0.05) is 52.8 Å². The largest absolute Gasteiger partial charge is 0.344 e. The third-order valence-corrected chi connectivity index (χ3v) is 16.6. The van der Waals surface area contributed by atoms with Gasteiger partial charge in [0.1, 0.15) is 0 Å². The molecule has 1 spiro atoms. The lowest BCUT2D eigenvalue weighted by Crippen LogP contribution is -2.31. The first-order chi connectivity index (χ1) is 31.6. The van der Waals surface area contributed by atoms with Gasteiger partial charge in [-0.1, -0.05) is 192 Å². The zero-order chi connectivity index (χ0) is 44.0. The highest BCUT2D eigenvalue weighted by molar-refractivity contribution is 6.21. The number of fused-ring (bicyclic) bond motifs is 11. The molecule has 0 aromatic heterocycles. The van der Waals surface area contributed by atoms with E-state index >= 15 is 0 Å². The summed E-state index contributed by atoms with van der Waals surface area (Å²) in [7, 11) is 4.53. The van der Waals surface area contributed by atoms with Gasteiger partial charge >= 0.3 is 0 Å². The highest BCUT2D eigenvalue weighted by Gasteiger charge is 2.46. The molecule has 1 saturated carbocycles. The minimum absolute atomic E-state index is 0.0756. The minimum Gasteiger partial charge on any atom is -0.344 e. The van der Waals surface area contributed by atoms with E-state index in [1.54, 1.807) is 0 Å². The standard InChI is InChI=1S/C63H54N2/c1-61(2)50-29-9-11-34-55(50)64(5)59-43(25-17-32-53(59)61)39-21-15-23-41-47(39)38-48-40(44-26-18-33-54-60(44)65(6)56-35-12-10-30-51(56)62(54,3)4)22-16-24-42(48)57(41)46-27-19-31-52-58(46)45-20-7-8-28-49(45)63(52)36-13-14-37-63/h7-12,15-35,38H,13-14,36-37H2,1-6H3. The van der Waals surface area contributed by atoms with E-state index in [1.165, 1.54) is 148 Å². The molecule has 0 N–H and O–H groups in total. The van der Waals surface area contributed by atoms with Crippen LogP contribution in [0.5, 0.6) is 0 Å². The van der Waals surface area contributed by atoms with Crippen molar-refractivity contribution in [2.45, 2.75) is 69.6 Å². The van der Waals surface area contributed by atoms with E-state index in [0.717, 1.165) is 0 Å². The summed E-state index contributed by atoms with van der Waals surface area (Å²) in [5.74, 6) is 0. The van der Waals surface area contributed by atoms with Crippen LogP contribution in [0, 0.1) is 0 Å². The van der Waals surface area contributed by atoms with E-state index < -0.39 is 0 Å². The smallest absolute Gasteiger partial charge is 0.0529 e. The summed E-state index contributed by atoms with van der Waals surface area (Å²) in [4.78, 5) is 4.90. The molecule has 0 radical (unpaired) electrons. The highest BCUT2D eigenvalue weighted by Crippen LogP contribution is 2.61. The number of hydrogen-bond acceptors (Lipinski definition) is 2. The second kappa shape index (κ2) is 13.6. The van der Waals surface area contributed by atoms with Gasteiger partial charge < -0.3 is 9.80 Å². The number of rotatable bonds is 3. The summed E-state index contributed by atoms with van der Waals surface area (Å²) < 4.78 is 0. The lowest BCUT2D eigenvalue weighted by atomic mass is 9.72. The molecule has 0 saturated heterocycles. The van der Waals surface area contributed by atoms with Gasteiger partial charge in [0.2, 0.25) is 0 Å². The lowest BCUT2D eigenvalue weighted by molar-refractivity contribution is 0.550. The zero-order valence-electron chi connectivity index (χ0n) is 38.4. The topological polar surface area (TPSA) is 6.48 Å². The van der Waals surface area contributed by atoms with E-state index in [4.69, 9.17) is 0 Å². The number of anilines is 4. The zero-order valence-corrected chi connectivity index (χ0v) is 38.4. The molecule has 0 unspecified atom stereocenters. The number of para-hydroxylation sites is 4. The SMILES string of the molecule is CN1c2ccccc2C(C)(C)c2cccc(-c3cccc4c(-c5cccc6c5-c5ccccc5C65CCCC5)c5cccc(-c6cccc7c6N(C)c6ccccc6C7(C)C)c5cc34)c21. The van der Waals surface area contributed by atoms with Crippen molar-refractivity contribution in [3.63, 3.8) is 0 Å². The third kappa shape index (κ3) is 5.06. The third-order valence-electron chi connectivity index (χ3n) is 16.6. The van der Waals surface area contributed by atoms with Gasteiger partial charge in [-0.15, -0.1) is 0 Å². The van der Waals surface area contributed by atoms with Crippen LogP contribution in [-0.4, -0.2) is 14.1 Å². The van der Waals surface area contributed by atoms with Crippen LogP contribution in [0.1, 0.15) is 86.8 Å². The summed E-state index contributed by atoms with van der Waals surface area (Å²) >= 11 is 0. The van der Waals surface area contributed by atoms with Crippen molar-refractivity contribution in [1.29, 1.82) is 0 Å². The van der Waals surface area contributed by atoms with Crippen LogP contribution < -0.4 is 9.80 Å². The van der Waals surface area contributed by atoms with Crippen molar-refractivity contribution in [2.75, 3.05) is 23.9 Å². The van der Waals surface area contributed by atoms with Gasteiger partial charge in [-0.3, -0.25) is 0 Å². The second-order valence-electron chi connectivity index (χ2n) is 20.4. The van der Waals surface area contributed by atoms with E-state index in [2.05, 4.69) is 221 Å². The van der Waals surface area contributed by atoms with E-state index in [0.29, 0.717) is 0 Å². The molecule has 13 rings (SSSR count). The number of nitrogens with zero attached hydrogens (tertiary/aromatic N) is 2. The lowest BCUT2D eigenvalue weighted by Gasteiger charge is -2.41. The molecule has 1 fully saturated rings. The molecule has 65 heavy (non-hydrogen) atoms. The molecule has 0 bridgehead atoms. The Bertz CT molecular complexity index is 3320. The molecule has 2 aliphatic heterocycles. The first-order valence-electron chi connectivity index (χ1n) is 23.8. The highest BCUT2D eigenvalue weighted by atomic mass is 15.1. The fourth-order valence-electron chi connectivity index (χ4n) is 13.5. The first kappa shape index (κ1) is 38.5. The van der Waals surface area contributed by atoms with Crippen molar-refractivity contribution in [1.82, 2.24) is 0 Å². The quantitative estimate of drug-likeness (QED) is 0.164. The fourth-order valence-corrected chi connectivity index (χ4v) is 13.5. The summed E-state index contributed by atoms with van der Waals surface area (Å²) in [5, 5.41) is 5.15. The second-order valence-corrected chi connectivity index (χ2v) is 20.4. The minimum atomic E-state index is -0.164. The molecule has 4 aliphatic rings. The molecule has 2 heterocycles. The molecule has 2 heteroatoms. The molecule has 2 nitrogen and oxygen atoms in total. The predicted octanol–water partition coefficient (Wildman–Crippen LogP) is 16.6. The van der Waals surface area contributed by atoms with Crippen molar-refractivity contribution in [3.05, 3.63) is 203 Å². The van der Waals surface area contributed by atoms with Crippen LogP contribution in [0.3, 0.4) is 0 Å². The van der Waals surface area contributed by atoms with Gasteiger partial charge in [-0.05, 0) is 119 Å². The predicted molar refractivity (Wildman–Crippen MR) is 276 cm³/mol. The molecule has 0 atom stereocenters. The summed E-state index contributed by atoms with van der Waals surface area (Å²) in [6.45, 7) is 9.57. The molecule has 2 aliphatic carbocycles. The van der Waals surface area contributed by atoms with Crippen LogP contribution in [0.15, 0.2) is 170 Å². The van der Waals surface area contributed by atoms with Crippen molar-refractivity contribution in [3.8, 4) is 44.5 Å². The van der Waals surface area contributed by atoms with Gasteiger partial charge in [-0.25, -0.2) is 0 Å². The summed E-state index contributed by atoms with van der Waals surface area (Å²) in [5.41, 5.74) is 23.9. The van der Waals surface area contributed by atoms with Crippen molar-refractivity contribution in [2.24, 2.45) is 0 Å². The van der Waals surface area contributed by atoms with Crippen molar-refractivity contribution < 1.29 is 0 Å². The molecular weight excluding hydrogens is 785 g/mol. The molecule has 9 aromatic rings. The number of hydrogen-bond donors (Lipinski definition) is 0. The van der Waals surface area contributed by atoms with Crippen molar-refractivity contribution >= 4 is 44.3 Å². The maximum absolute atomic E-state index is 2.55. The van der Waals surface area contributed by atoms with Crippen LogP contribution >= 0.6 is 0 Å². The van der Waals surface area contributed by atoms with Gasteiger partial charge in [0.15, 0.2) is 0 Å². The Hall–Kier alpha value is -6.90. The average Bonchev–Trinajstić information content (AvgIpc) is 3.95. The fraction of sp³-hybridized carbons (Fsp3) is 0.206. The van der Waals surface area contributed by atoms with Gasteiger partial charge in [0.25, 0.3) is 0 Å². The van der Waals surface area contributed by atoms with E-state index in [-0.39, 0.29) is 16.2 Å². The molecule has 316 valence electrons. The van der Waals surface area contributed by atoms with E-state index in [9.17, 15) is 0 Å². The van der Waals surface area contributed by atoms with Crippen LogP contribution in [0.25, 0.3) is 66.1 Å². The van der Waals surface area contributed by atoms with Gasteiger partial charge in [0.05, 0.1) is 11.4 Å². The van der Waals surface area contributed by atoms with Crippen LogP contribution in [0.2, 0.25) is 0 Å². The maximum atomic E-state index is 2.55. The van der Waals surface area contributed by atoms with E-state index in [1.807, 2.05) is 0 Å². The normalized spacial score (nSPS) is 16.8. The molecular formula is C63H54N2. The van der Waals surface area contributed by atoms with Crippen LogP contribution in [0.4, 0.5) is 22.7 Å². The Labute approximate surface area is 383 Å². The Kier molecular flexibility index (Phi) is 8.04. The average molecular weight is 839 g/mol.